The zero-order valence-electron chi connectivity index (χ0n) is 15.7. The van der Waals surface area contributed by atoms with Crippen LogP contribution in [0.2, 0.25) is 5.02 Å². The summed E-state index contributed by atoms with van der Waals surface area (Å²) in [4.78, 5) is 19.9. The largest absolute Gasteiger partial charge is 0.488 e. The summed E-state index contributed by atoms with van der Waals surface area (Å²) >= 11 is 7.36. The van der Waals surface area contributed by atoms with E-state index < -0.39 is 0 Å². The van der Waals surface area contributed by atoms with E-state index in [9.17, 15) is 4.79 Å². The van der Waals surface area contributed by atoms with E-state index in [1.165, 1.54) is 11.3 Å². The van der Waals surface area contributed by atoms with Gasteiger partial charge in [-0.3, -0.25) is 14.3 Å². The number of fused-ring (bicyclic) bond motifs is 1. The van der Waals surface area contributed by atoms with Crippen LogP contribution in [0.15, 0.2) is 65.6 Å². The number of halogens is 1. The number of likely N-dealkylation sites (N-methyl/N-ethyl adjacent to an activating group) is 1. The number of thiazole rings is 1. The van der Waals surface area contributed by atoms with Gasteiger partial charge in [0.05, 0.1) is 5.52 Å². The minimum absolute atomic E-state index is 0.0745. The topological polar surface area (TPSA) is 47.4 Å². The van der Waals surface area contributed by atoms with E-state index >= 15 is 0 Å². The number of hydrogen-bond donors (Lipinski definition) is 0. The molecule has 29 heavy (non-hydrogen) atoms. The molecule has 5 rings (SSSR count). The summed E-state index contributed by atoms with van der Waals surface area (Å²) in [5.41, 5.74) is 2.38. The number of aromatic nitrogens is 2. The molecule has 0 radical (unpaired) electrons. The fraction of sp³-hybridized carbons (Fsp3) is 0.182. The molecular formula is C22H18ClN3O2S. The summed E-state index contributed by atoms with van der Waals surface area (Å²) < 4.78 is 8.21. The van der Waals surface area contributed by atoms with Crippen LogP contribution in [0.3, 0.4) is 0 Å². The van der Waals surface area contributed by atoms with Crippen LogP contribution in [0.5, 0.6) is 5.75 Å². The van der Waals surface area contributed by atoms with Gasteiger partial charge in [0, 0.05) is 35.6 Å². The number of ether oxygens (including phenoxy) is 1. The number of nitrogens with zero attached hydrogens (tertiary/aromatic N) is 3. The highest BCUT2D eigenvalue weighted by Gasteiger charge is 2.24. The fourth-order valence-electron chi connectivity index (χ4n) is 3.43. The number of benzene rings is 2. The Morgan fingerprint density at radius 3 is 2.48 bits per heavy atom. The summed E-state index contributed by atoms with van der Waals surface area (Å²) in [6.07, 6.45) is 2.01. The first-order valence-corrected chi connectivity index (χ1v) is 10.5. The van der Waals surface area contributed by atoms with E-state index in [0.29, 0.717) is 15.2 Å². The molecule has 5 nitrogen and oxygen atoms in total. The molecule has 0 N–H and O–H groups in total. The second-order valence-electron chi connectivity index (χ2n) is 7.19. The summed E-state index contributed by atoms with van der Waals surface area (Å²) in [6, 6.07) is 17.0. The number of likely N-dealkylation sites (tertiary alicyclic amines) is 1. The Kier molecular flexibility index (Phi) is 4.62. The van der Waals surface area contributed by atoms with E-state index in [-0.39, 0.29) is 11.7 Å². The smallest absolute Gasteiger partial charge is 0.274 e. The van der Waals surface area contributed by atoms with E-state index in [4.69, 9.17) is 16.3 Å². The van der Waals surface area contributed by atoms with Crippen LogP contribution in [0.1, 0.15) is 0 Å². The van der Waals surface area contributed by atoms with Gasteiger partial charge in [-0.1, -0.05) is 23.7 Å². The van der Waals surface area contributed by atoms with Crippen LogP contribution in [0.25, 0.3) is 26.5 Å². The lowest BCUT2D eigenvalue weighted by atomic mass is 10.2. The second-order valence-corrected chi connectivity index (χ2v) is 8.62. The predicted molar refractivity (Wildman–Crippen MR) is 118 cm³/mol. The van der Waals surface area contributed by atoms with Crippen molar-refractivity contribution in [3.63, 3.8) is 0 Å². The van der Waals surface area contributed by atoms with Crippen molar-refractivity contribution in [3.8, 4) is 22.0 Å². The Morgan fingerprint density at radius 1 is 1.07 bits per heavy atom. The molecule has 0 aliphatic carbocycles. The van der Waals surface area contributed by atoms with Gasteiger partial charge in [0.15, 0.2) is 0 Å². The summed E-state index contributed by atoms with van der Waals surface area (Å²) in [7, 11) is 2.07. The van der Waals surface area contributed by atoms with Crippen molar-refractivity contribution in [1.82, 2.24) is 14.5 Å². The van der Waals surface area contributed by atoms with Crippen molar-refractivity contribution < 1.29 is 4.74 Å². The van der Waals surface area contributed by atoms with Crippen molar-refractivity contribution in [2.75, 3.05) is 20.1 Å². The Morgan fingerprint density at radius 2 is 1.79 bits per heavy atom. The molecule has 7 heteroatoms. The van der Waals surface area contributed by atoms with Gasteiger partial charge in [-0.25, -0.2) is 4.98 Å². The predicted octanol–water partition coefficient (Wildman–Crippen LogP) is 4.46. The van der Waals surface area contributed by atoms with Crippen LogP contribution in [-0.2, 0) is 0 Å². The highest BCUT2D eigenvalue weighted by Crippen LogP contribution is 2.29. The Hall–Kier alpha value is -2.67. The molecule has 3 heterocycles. The van der Waals surface area contributed by atoms with Crippen molar-refractivity contribution in [1.29, 1.82) is 0 Å². The van der Waals surface area contributed by atoms with E-state index in [0.717, 1.165) is 35.1 Å². The maximum atomic E-state index is 13.1. The lowest BCUT2D eigenvalue weighted by molar-refractivity contribution is 0.0388. The molecule has 2 aromatic carbocycles. The van der Waals surface area contributed by atoms with Crippen LogP contribution in [-0.4, -0.2) is 40.7 Å². The average molecular weight is 424 g/mol. The molecule has 0 atom stereocenters. The molecular weight excluding hydrogens is 406 g/mol. The van der Waals surface area contributed by atoms with Gasteiger partial charge in [0.25, 0.3) is 5.56 Å². The first-order valence-electron chi connectivity index (χ1n) is 9.30. The maximum absolute atomic E-state index is 13.1. The van der Waals surface area contributed by atoms with Crippen LogP contribution in [0, 0.1) is 0 Å². The minimum Gasteiger partial charge on any atom is -0.488 e. The van der Waals surface area contributed by atoms with Crippen LogP contribution >= 0.6 is 22.9 Å². The van der Waals surface area contributed by atoms with Gasteiger partial charge in [-0.2, -0.15) is 0 Å². The Labute approximate surface area is 176 Å². The molecule has 0 spiro atoms. The maximum Gasteiger partial charge on any atom is 0.274 e. The molecule has 1 fully saturated rings. The van der Waals surface area contributed by atoms with Crippen molar-refractivity contribution in [3.05, 3.63) is 76.2 Å². The quantitative estimate of drug-likeness (QED) is 0.486. The minimum atomic E-state index is -0.0745. The molecule has 0 amide bonds. The van der Waals surface area contributed by atoms with Gasteiger partial charge in [0.1, 0.15) is 21.6 Å². The molecule has 1 aliphatic rings. The number of hydrogen-bond acceptors (Lipinski definition) is 5. The van der Waals surface area contributed by atoms with Crippen LogP contribution in [0.4, 0.5) is 0 Å². The van der Waals surface area contributed by atoms with E-state index in [2.05, 4.69) is 16.9 Å². The monoisotopic (exact) mass is 423 g/mol. The zero-order chi connectivity index (χ0) is 20.0. The lowest BCUT2D eigenvalue weighted by Crippen LogP contribution is -2.51. The summed E-state index contributed by atoms with van der Waals surface area (Å²) in [6.45, 7) is 1.89. The van der Waals surface area contributed by atoms with Gasteiger partial charge in [-0.15, -0.1) is 11.3 Å². The average Bonchev–Trinajstić information content (AvgIpc) is 3.14. The highest BCUT2D eigenvalue weighted by molar-refractivity contribution is 7.21. The molecule has 0 unspecified atom stereocenters. The summed E-state index contributed by atoms with van der Waals surface area (Å²) in [5, 5.41) is 1.48. The fourth-order valence-corrected chi connectivity index (χ4v) is 4.55. The second kappa shape index (κ2) is 7.30. The molecule has 1 aliphatic heterocycles. The standard InChI is InChI=1S/C22H18ClN3O2S/c1-25-12-18(13-25)28-17-8-6-16(7-9-17)26-11-10-19-20(22(26)27)29-21(24-19)14-2-4-15(23)5-3-14/h2-11,18H,12-13H2,1H3. The summed E-state index contributed by atoms with van der Waals surface area (Å²) in [5.74, 6) is 0.823. The highest BCUT2D eigenvalue weighted by atomic mass is 35.5. The first kappa shape index (κ1) is 18.4. The zero-order valence-corrected chi connectivity index (χ0v) is 17.3. The normalized spacial score (nSPS) is 14.8. The van der Waals surface area contributed by atoms with Gasteiger partial charge < -0.3 is 4.74 Å². The molecule has 0 bridgehead atoms. The SMILES string of the molecule is CN1CC(Oc2ccc(-n3ccc4nc(-c5ccc(Cl)cc5)sc4c3=O)cc2)C1. The van der Waals surface area contributed by atoms with Crippen molar-refractivity contribution in [2.24, 2.45) is 0 Å². The number of rotatable bonds is 4. The van der Waals surface area contributed by atoms with E-state index in [1.807, 2.05) is 54.6 Å². The van der Waals surface area contributed by atoms with E-state index in [1.54, 1.807) is 10.8 Å². The van der Waals surface area contributed by atoms with Gasteiger partial charge in [0.2, 0.25) is 0 Å². The third-order valence-electron chi connectivity index (χ3n) is 4.99. The molecule has 146 valence electrons. The lowest BCUT2D eigenvalue weighted by Gasteiger charge is -2.36. The third kappa shape index (κ3) is 3.55. The first-order chi connectivity index (χ1) is 14.1. The van der Waals surface area contributed by atoms with Crippen molar-refractivity contribution >= 4 is 33.2 Å². The molecule has 4 aromatic rings. The van der Waals surface area contributed by atoms with Crippen LogP contribution < -0.4 is 10.3 Å². The molecule has 0 saturated carbocycles. The van der Waals surface area contributed by atoms with Gasteiger partial charge >= 0.3 is 0 Å². The Bertz CT molecular complexity index is 1230. The number of pyridine rings is 1. The Balaban J connectivity index is 1.45. The molecule has 2 aromatic heterocycles. The van der Waals surface area contributed by atoms with Crippen molar-refractivity contribution in [2.45, 2.75) is 6.10 Å². The van der Waals surface area contributed by atoms with Gasteiger partial charge in [-0.05, 0) is 49.5 Å². The molecule has 1 saturated heterocycles. The third-order valence-corrected chi connectivity index (χ3v) is 6.35.